The maximum Gasteiger partial charge on any atom is 0.416 e. The standard InChI is InChI=1S/C30H37ClF3N3O3/c1-3-7-24(20-10-12-21(13-11-20)29(40)36-15-14-27(38)39)25(19-8-5-4-6-9-19)17-22-16-23(30(32,33)34)18-26(31)28(22)37-35-2/h4-5,8,10-12,16-18,21,24-25,29,35-36,40H,3,6-7,9,13-15H2,1-2H3,(H,38,39)/b22-17+,37-28+. The Morgan fingerprint density at radius 2 is 2.10 bits per heavy atom. The molecule has 0 aromatic heterocycles. The van der Waals surface area contributed by atoms with E-state index in [0.717, 1.165) is 49.0 Å². The first-order chi connectivity index (χ1) is 19.0. The third-order valence-electron chi connectivity index (χ3n) is 7.20. The molecule has 0 amide bonds. The van der Waals surface area contributed by atoms with Gasteiger partial charge in [-0.2, -0.15) is 18.3 Å². The van der Waals surface area contributed by atoms with Gasteiger partial charge in [-0.05, 0) is 49.3 Å². The van der Waals surface area contributed by atoms with Gasteiger partial charge in [-0.25, -0.2) is 0 Å². The average Bonchev–Trinajstić information content (AvgIpc) is 2.92. The fourth-order valence-electron chi connectivity index (χ4n) is 5.22. The molecule has 3 rings (SSSR count). The number of carbonyl (C=O) groups is 1. The van der Waals surface area contributed by atoms with Crippen molar-refractivity contribution < 1.29 is 28.2 Å². The molecule has 0 spiro atoms. The molecule has 4 N–H and O–H groups in total. The van der Waals surface area contributed by atoms with E-state index in [2.05, 4.69) is 34.9 Å². The SMILES string of the molecule is CCCC(C1=CCC(C(O)NCCC(=O)O)C=C1)C(/C=C1\C=C(C(F)(F)F)C=C(Cl)\C1=N\NC)C1=CC=CCC1. The van der Waals surface area contributed by atoms with E-state index in [1.165, 1.54) is 0 Å². The third-order valence-corrected chi connectivity index (χ3v) is 7.49. The molecule has 0 aromatic rings. The molecule has 40 heavy (non-hydrogen) atoms. The van der Waals surface area contributed by atoms with Gasteiger partial charge in [0.1, 0.15) is 11.9 Å². The molecule has 3 aliphatic carbocycles. The summed E-state index contributed by atoms with van der Waals surface area (Å²) in [6, 6.07) is 0. The van der Waals surface area contributed by atoms with E-state index in [4.69, 9.17) is 16.7 Å². The average molecular weight is 580 g/mol. The van der Waals surface area contributed by atoms with Crippen LogP contribution in [0.4, 0.5) is 13.2 Å². The molecule has 4 atom stereocenters. The Balaban J connectivity index is 1.99. The number of nitrogens with zero attached hydrogens (tertiary/aromatic N) is 1. The monoisotopic (exact) mass is 579 g/mol. The predicted octanol–water partition coefficient (Wildman–Crippen LogP) is 6.31. The predicted molar refractivity (Wildman–Crippen MR) is 153 cm³/mol. The molecule has 0 radical (unpaired) electrons. The maximum absolute atomic E-state index is 13.7. The number of rotatable bonds is 12. The van der Waals surface area contributed by atoms with Crippen molar-refractivity contribution in [2.45, 2.75) is 57.9 Å². The molecule has 4 unspecified atom stereocenters. The summed E-state index contributed by atoms with van der Waals surface area (Å²) in [5.41, 5.74) is 4.58. The van der Waals surface area contributed by atoms with Crippen LogP contribution in [0.1, 0.15) is 45.4 Å². The lowest BCUT2D eigenvalue weighted by atomic mass is 9.73. The molecule has 6 nitrogen and oxygen atoms in total. The molecular weight excluding hydrogens is 543 g/mol. The first kappa shape index (κ1) is 31.6. The lowest BCUT2D eigenvalue weighted by Gasteiger charge is -2.32. The van der Waals surface area contributed by atoms with Crippen LogP contribution in [0.25, 0.3) is 0 Å². The Hall–Kier alpha value is -2.88. The number of hydrogen-bond donors (Lipinski definition) is 4. The summed E-state index contributed by atoms with van der Waals surface area (Å²) >= 11 is 6.31. The van der Waals surface area contributed by atoms with E-state index in [-0.39, 0.29) is 41.5 Å². The Morgan fingerprint density at radius 3 is 2.67 bits per heavy atom. The van der Waals surface area contributed by atoms with Crippen molar-refractivity contribution in [3.8, 4) is 0 Å². The van der Waals surface area contributed by atoms with E-state index in [0.29, 0.717) is 12.0 Å². The second-order valence-electron chi connectivity index (χ2n) is 10.0. The highest BCUT2D eigenvalue weighted by Gasteiger charge is 2.36. The summed E-state index contributed by atoms with van der Waals surface area (Å²) in [5.74, 6) is -1.39. The van der Waals surface area contributed by atoms with Gasteiger partial charge in [0.2, 0.25) is 0 Å². The summed E-state index contributed by atoms with van der Waals surface area (Å²) in [7, 11) is 1.57. The van der Waals surface area contributed by atoms with Crippen molar-refractivity contribution in [3.63, 3.8) is 0 Å². The molecule has 0 aromatic carbocycles. The maximum atomic E-state index is 13.7. The fraction of sp³-hybridized carbons (Fsp3) is 0.467. The molecular formula is C30H37ClF3N3O3. The van der Waals surface area contributed by atoms with Gasteiger partial charge in [-0.15, -0.1) is 0 Å². The highest BCUT2D eigenvalue weighted by Crippen LogP contribution is 2.41. The lowest BCUT2D eigenvalue weighted by Crippen LogP contribution is -2.37. The number of nitrogens with one attached hydrogen (secondary N) is 2. The zero-order chi connectivity index (χ0) is 29.3. The zero-order valence-corrected chi connectivity index (χ0v) is 23.5. The van der Waals surface area contributed by atoms with Crippen LogP contribution in [0.15, 0.2) is 87.1 Å². The number of aliphatic hydroxyl groups excluding tert-OH is 1. The highest BCUT2D eigenvalue weighted by molar-refractivity contribution is 6.47. The smallest absolute Gasteiger partial charge is 0.416 e. The van der Waals surface area contributed by atoms with Gasteiger partial charge in [0.15, 0.2) is 0 Å². The molecule has 0 heterocycles. The van der Waals surface area contributed by atoms with Gasteiger partial charge < -0.3 is 15.6 Å². The van der Waals surface area contributed by atoms with E-state index in [1.807, 2.05) is 30.4 Å². The minimum atomic E-state index is -4.56. The van der Waals surface area contributed by atoms with Crippen molar-refractivity contribution in [2.75, 3.05) is 13.6 Å². The van der Waals surface area contributed by atoms with Crippen molar-refractivity contribution in [2.24, 2.45) is 22.9 Å². The quantitative estimate of drug-likeness (QED) is 0.161. The largest absolute Gasteiger partial charge is 0.481 e. The number of hydrogen-bond acceptors (Lipinski definition) is 5. The number of aliphatic hydroxyl groups is 1. The molecule has 0 fully saturated rings. The van der Waals surface area contributed by atoms with Crippen molar-refractivity contribution >= 4 is 23.3 Å². The van der Waals surface area contributed by atoms with E-state index < -0.39 is 23.9 Å². The van der Waals surface area contributed by atoms with Crippen LogP contribution in [0, 0.1) is 17.8 Å². The fourth-order valence-corrected chi connectivity index (χ4v) is 5.49. The molecule has 0 saturated carbocycles. The number of carboxylic acid groups (broad SMARTS) is 1. The van der Waals surface area contributed by atoms with Crippen molar-refractivity contribution in [1.29, 1.82) is 0 Å². The van der Waals surface area contributed by atoms with Gasteiger partial charge >= 0.3 is 12.1 Å². The molecule has 218 valence electrons. The van der Waals surface area contributed by atoms with Gasteiger partial charge in [0, 0.05) is 31.0 Å². The van der Waals surface area contributed by atoms with Gasteiger partial charge in [-0.1, -0.05) is 73.1 Å². The van der Waals surface area contributed by atoms with E-state index in [9.17, 15) is 23.1 Å². The van der Waals surface area contributed by atoms with Crippen LogP contribution in [-0.2, 0) is 4.79 Å². The minimum Gasteiger partial charge on any atom is -0.481 e. The van der Waals surface area contributed by atoms with Crippen LogP contribution < -0.4 is 10.7 Å². The Morgan fingerprint density at radius 1 is 1.32 bits per heavy atom. The number of allylic oxidation sites excluding steroid dienone is 13. The number of alkyl halides is 3. The van der Waals surface area contributed by atoms with Crippen LogP contribution in [0.2, 0.25) is 0 Å². The third kappa shape index (κ3) is 8.56. The van der Waals surface area contributed by atoms with E-state index >= 15 is 0 Å². The number of hydrazone groups is 1. The first-order valence-corrected chi connectivity index (χ1v) is 13.9. The van der Waals surface area contributed by atoms with Gasteiger partial charge in [-0.3, -0.25) is 10.1 Å². The van der Waals surface area contributed by atoms with Crippen LogP contribution in [-0.4, -0.2) is 47.9 Å². The van der Waals surface area contributed by atoms with E-state index in [1.54, 1.807) is 7.05 Å². The number of halogens is 4. The van der Waals surface area contributed by atoms with Crippen molar-refractivity contribution in [1.82, 2.24) is 10.7 Å². The minimum absolute atomic E-state index is 0.0205. The topological polar surface area (TPSA) is 94.0 Å². The summed E-state index contributed by atoms with van der Waals surface area (Å²) in [5, 5.41) is 26.3. The van der Waals surface area contributed by atoms with Crippen LogP contribution in [0.3, 0.4) is 0 Å². The van der Waals surface area contributed by atoms with Crippen LogP contribution in [0.5, 0.6) is 0 Å². The van der Waals surface area contributed by atoms with Crippen molar-refractivity contribution in [3.05, 3.63) is 82.0 Å². The van der Waals surface area contributed by atoms with Gasteiger partial charge in [0.25, 0.3) is 0 Å². The molecule has 0 bridgehead atoms. The number of aliphatic carboxylic acids is 1. The summed E-state index contributed by atoms with van der Waals surface area (Å²) in [6.07, 6.45) is 14.3. The molecule has 3 aliphatic rings. The second kappa shape index (κ2) is 14.7. The highest BCUT2D eigenvalue weighted by atomic mass is 35.5. The Labute approximate surface area is 238 Å². The normalized spacial score (nSPS) is 23.7. The lowest BCUT2D eigenvalue weighted by molar-refractivity contribution is -0.137. The Kier molecular flexibility index (Phi) is 11.6. The summed E-state index contributed by atoms with van der Waals surface area (Å²) < 4.78 is 41.2. The van der Waals surface area contributed by atoms with Crippen LogP contribution >= 0.6 is 11.6 Å². The number of carboxylic acids is 1. The summed E-state index contributed by atoms with van der Waals surface area (Å²) in [4.78, 5) is 10.8. The first-order valence-electron chi connectivity index (χ1n) is 13.5. The zero-order valence-electron chi connectivity index (χ0n) is 22.7. The molecule has 10 heteroatoms. The Bertz CT molecular complexity index is 1180. The molecule has 0 aliphatic heterocycles. The molecule has 0 saturated heterocycles. The summed E-state index contributed by atoms with van der Waals surface area (Å²) in [6.45, 7) is 2.24. The van der Waals surface area contributed by atoms with Gasteiger partial charge in [0.05, 0.1) is 17.0 Å². The second-order valence-corrected chi connectivity index (χ2v) is 10.4.